The lowest BCUT2D eigenvalue weighted by molar-refractivity contribution is -0.0528. The fraction of sp³-hybridized carbons (Fsp3) is 0.118. The smallest absolute Gasteiger partial charge is 0.388 e. The van der Waals surface area contributed by atoms with E-state index in [2.05, 4.69) is 19.7 Å². The minimum absolute atomic E-state index is 0.172. The molecule has 4 rings (SSSR count). The number of ether oxygens (including phenoxy) is 1. The second-order valence-corrected chi connectivity index (χ2v) is 6.47. The van der Waals surface area contributed by atoms with Gasteiger partial charge in [-0.25, -0.2) is 15.0 Å². The van der Waals surface area contributed by atoms with Gasteiger partial charge < -0.3 is 9.84 Å². The molecule has 0 amide bonds. The molecule has 0 fully saturated rings. The van der Waals surface area contributed by atoms with Crippen molar-refractivity contribution in [1.29, 1.82) is 0 Å². The lowest BCUT2D eigenvalue weighted by Crippen LogP contribution is -2.04. The van der Waals surface area contributed by atoms with E-state index >= 15 is 0 Å². The molecular formula is C17H11F2N3O2S. The van der Waals surface area contributed by atoms with Crippen LogP contribution in [0.5, 0.6) is 11.6 Å². The van der Waals surface area contributed by atoms with Gasteiger partial charge in [0.25, 0.3) is 0 Å². The van der Waals surface area contributed by atoms with Crippen LogP contribution in [0, 0.1) is 6.92 Å². The Morgan fingerprint density at radius 3 is 2.76 bits per heavy atom. The molecular weight excluding hydrogens is 348 g/mol. The van der Waals surface area contributed by atoms with Gasteiger partial charge in [-0.2, -0.15) is 8.78 Å². The number of benzene rings is 2. The van der Waals surface area contributed by atoms with Gasteiger partial charge in [0.1, 0.15) is 10.8 Å². The molecule has 0 saturated carbocycles. The van der Waals surface area contributed by atoms with E-state index in [-0.39, 0.29) is 11.6 Å². The number of fused-ring (bicyclic) bond motifs is 2. The minimum atomic E-state index is -2.95. The molecule has 0 saturated heterocycles. The highest BCUT2D eigenvalue weighted by atomic mass is 32.1. The highest BCUT2D eigenvalue weighted by Gasteiger charge is 2.14. The Morgan fingerprint density at radius 1 is 1.12 bits per heavy atom. The summed E-state index contributed by atoms with van der Waals surface area (Å²) in [5.74, 6) is -0.0568. The van der Waals surface area contributed by atoms with E-state index in [0.29, 0.717) is 16.0 Å². The lowest BCUT2D eigenvalue weighted by Gasteiger charge is -2.07. The topological polar surface area (TPSA) is 68.1 Å². The molecule has 126 valence electrons. The number of aromatic nitrogens is 3. The number of hydrogen-bond acceptors (Lipinski definition) is 6. The van der Waals surface area contributed by atoms with E-state index < -0.39 is 6.61 Å². The summed E-state index contributed by atoms with van der Waals surface area (Å²) in [6, 6.07) is 8.64. The molecule has 4 aromatic rings. The van der Waals surface area contributed by atoms with Crippen LogP contribution < -0.4 is 4.74 Å². The average molecular weight is 359 g/mol. The number of phenols is 1. The quantitative estimate of drug-likeness (QED) is 0.582. The van der Waals surface area contributed by atoms with E-state index in [9.17, 15) is 13.9 Å². The van der Waals surface area contributed by atoms with E-state index in [1.54, 1.807) is 24.3 Å². The van der Waals surface area contributed by atoms with Crippen LogP contribution in [0.2, 0.25) is 0 Å². The number of aryl methyl sites for hydroxylation is 1. The van der Waals surface area contributed by atoms with Crippen molar-refractivity contribution in [2.45, 2.75) is 13.5 Å². The fourth-order valence-corrected chi connectivity index (χ4v) is 3.60. The number of phenolic OH excluding ortho intramolecular Hbond substituents is 1. The van der Waals surface area contributed by atoms with Crippen molar-refractivity contribution in [1.82, 2.24) is 15.0 Å². The first kappa shape index (κ1) is 15.6. The average Bonchev–Trinajstić information content (AvgIpc) is 2.96. The maximum absolute atomic E-state index is 12.4. The van der Waals surface area contributed by atoms with Crippen LogP contribution in [0.4, 0.5) is 8.78 Å². The maximum Gasteiger partial charge on any atom is 0.388 e. The van der Waals surface area contributed by atoms with Gasteiger partial charge in [0.15, 0.2) is 0 Å². The zero-order valence-electron chi connectivity index (χ0n) is 12.9. The van der Waals surface area contributed by atoms with Crippen LogP contribution >= 0.6 is 11.3 Å². The predicted octanol–water partition coefficient (Wildman–Crippen LogP) is 4.52. The molecule has 0 aliphatic carbocycles. The van der Waals surface area contributed by atoms with Crippen molar-refractivity contribution in [2.24, 2.45) is 0 Å². The second kappa shape index (κ2) is 5.89. The van der Waals surface area contributed by atoms with E-state index in [1.165, 1.54) is 17.5 Å². The first-order valence-electron chi connectivity index (χ1n) is 7.32. The molecule has 5 nitrogen and oxygen atoms in total. The fourth-order valence-electron chi connectivity index (χ4n) is 2.59. The summed E-state index contributed by atoms with van der Waals surface area (Å²) in [5, 5.41) is 10.3. The van der Waals surface area contributed by atoms with Crippen LogP contribution in [0.25, 0.3) is 31.8 Å². The van der Waals surface area contributed by atoms with Gasteiger partial charge in [0, 0.05) is 5.56 Å². The van der Waals surface area contributed by atoms with Crippen LogP contribution in [0.3, 0.4) is 0 Å². The summed E-state index contributed by atoms with van der Waals surface area (Å²) >= 11 is 1.41. The molecule has 0 unspecified atom stereocenters. The highest BCUT2D eigenvalue weighted by molar-refractivity contribution is 7.21. The monoisotopic (exact) mass is 359 g/mol. The number of rotatable bonds is 3. The Bertz CT molecular complexity index is 1100. The molecule has 8 heteroatoms. The molecule has 2 aromatic heterocycles. The molecule has 25 heavy (non-hydrogen) atoms. The summed E-state index contributed by atoms with van der Waals surface area (Å²) < 4.78 is 29.9. The largest absolute Gasteiger partial charge is 0.508 e. The van der Waals surface area contributed by atoms with Crippen molar-refractivity contribution < 1.29 is 18.6 Å². The number of halogens is 2. The second-order valence-electron chi connectivity index (χ2n) is 5.44. The Hall–Kier alpha value is -2.87. The standard InChI is InChI=1S/C17H11F2N3O2S/c1-8-4-10(16-22-11-3-2-9(23)6-13(11)25-16)15-12(5-8)21-14(7-20-15)24-17(18)19/h2-7,17,23H,1H3. The molecule has 0 spiro atoms. The van der Waals surface area contributed by atoms with Gasteiger partial charge in [-0.05, 0) is 42.8 Å². The molecule has 2 heterocycles. The summed E-state index contributed by atoms with van der Waals surface area (Å²) in [6.07, 6.45) is 1.17. The van der Waals surface area contributed by atoms with E-state index in [1.807, 2.05) is 13.0 Å². The molecule has 0 bridgehead atoms. The first-order chi connectivity index (χ1) is 12.0. The number of aromatic hydroxyl groups is 1. The third kappa shape index (κ3) is 2.96. The van der Waals surface area contributed by atoms with Crippen molar-refractivity contribution >= 4 is 32.6 Å². The van der Waals surface area contributed by atoms with Crippen LogP contribution in [0.15, 0.2) is 36.5 Å². The highest BCUT2D eigenvalue weighted by Crippen LogP contribution is 2.35. The normalized spacial score (nSPS) is 11.5. The molecule has 0 atom stereocenters. The van der Waals surface area contributed by atoms with Crippen molar-refractivity contribution in [2.75, 3.05) is 0 Å². The predicted molar refractivity (Wildman–Crippen MR) is 91.2 cm³/mol. The maximum atomic E-state index is 12.4. The van der Waals surface area contributed by atoms with Crippen LogP contribution in [-0.4, -0.2) is 26.7 Å². The minimum Gasteiger partial charge on any atom is -0.508 e. The number of hydrogen-bond donors (Lipinski definition) is 1. The lowest BCUT2D eigenvalue weighted by atomic mass is 10.1. The van der Waals surface area contributed by atoms with Gasteiger partial charge in [-0.15, -0.1) is 11.3 Å². The molecule has 0 radical (unpaired) electrons. The third-order valence-corrected chi connectivity index (χ3v) is 4.63. The summed E-state index contributed by atoms with van der Waals surface area (Å²) in [5.41, 5.74) is 3.42. The van der Waals surface area contributed by atoms with Crippen LogP contribution in [-0.2, 0) is 0 Å². The Labute approximate surface area is 144 Å². The van der Waals surface area contributed by atoms with E-state index in [4.69, 9.17) is 0 Å². The van der Waals surface area contributed by atoms with Crippen molar-refractivity contribution in [3.63, 3.8) is 0 Å². The van der Waals surface area contributed by atoms with Crippen molar-refractivity contribution in [3.8, 4) is 22.2 Å². The Balaban J connectivity index is 1.90. The summed E-state index contributed by atoms with van der Waals surface area (Å²) in [6.45, 7) is -1.07. The number of alkyl halides is 2. The zero-order chi connectivity index (χ0) is 17.6. The van der Waals surface area contributed by atoms with Gasteiger partial charge >= 0.3 is 6.61 Å². The third-order valence-electron chi connectivity index (χ3n) is 3.58. The Kier molecular flexibility index (Phi) is 3.69. The van der Waals surface area contributed by atoms with Gasteiger partial charge in [0.2, 0.25) is 5.88 Å². The first-order valence-corrected chi connectivity index (χ1v) is 8.13. The molecule has 0 aliphatic rings. The SMILES string of the molecule is Cc1cc(-c2nc3ccc(O)cc3s2)c2ncc(OC(F)F)nc2c1. The zero-order valence-corrected chi connectivity index (χ0v) is 13.7. The summed E-state index contributed by atoms with van der Waals surface area (Å²) in [7, 11) is 0. The van der Waals surface area contributed by atoms with Crippen molar-refractivity contribution in [3.05, 3.63) is 42.1 Å². The van der Waals surface area contributed by atoms with E-state index in [0.717, 1.165) is 21.3 Å². The number of thiazole rings is 1. The number of nitrogens with zero attached hydrogens (tertiary/aromatic N) is 3. The molecule has 0 aliphatic heterocycles. The molecule has 2 aromatic carbocycles. The summed E-state index contributed by atoms with van der Waals surface area (Å²) in [4.78, 5) is 12.9. The van der Waals surface area contributed by atoms with Crippen LogP contribution in [0.1, 0.15) is 5.56 Å². The van der Waals surface area contributed by atoms with Gasteiger partial charge in [0.05, 0.1) is 27.4 Å². The van der Waals surface area contributed by atoms with Gasteiger partial charge in [-0.1, -0.05) is 0 Å². The molecule has 1 N–H and O–H groups in total. The van der Waals surface area contributed by atoms with Gasteiger partial charge in [-0.3, -0.25) is 0 Å². The Morgan fingerprint density at radius 2 is 1.96 bits per heavy atom.